The van der Waals surface area contributed by atoms with Crippen molar-refractivity contribution in [3.63, 3.8) is 0 Å². The fraction of sp³-hybridized carbons (Fsp3) is 0.0408. The van der Waals surface area contributed by atoms with Gasteiger partial charge in [-0.1, -0.05) is 212 Å². The van der Waals surface area contributed by atoms with Crippen molar-refractivity contribution in [3.8, 4) is 91.1 Å². The van der Waals surface area contributed by atoms with Gasteiger partial charge < -0.3 is 28.1 Å². The van der Waals surface area contributed by atoms with E-state index < -0.39 is 23.9 Å². The van der Waals surface area contributed by atoms with Crippen LogP contribution in [0.1, 0.15) is 74.8 Å². The molecule has 542 valence electrons. The average molecular weight is 1480 g/mol. The Bertz CT molecular complexity index is 6240. The number of esters is 4. The first-order chi connectivity index (χ1) is 56.0. The molecule has 0 saturated heterocycles. The van der Waals surface area contributed by atoms with Crippen molar-refractivity contribution in [1.29, 1.82) is 10.5 Å². The van der Waals surface area contributed by atoms with Crippen molar-refractivity contribution in [2.24, 2.45) is 0 Å². The number of ether oxygens (including phenoxy) is 4. The molecule has 0 fully saturated rings. The molecule has 0 spiro atoms. The van der Waals surface area contributed by atoms with Gasteiger partial charge in [0.15, 0.2) is 23.2 Å². The molecule has 0 unspecified atom stereocenters. The van der Waals surface area contributed by atoms with Gasteiger partial charge in [0.05, 0.1) is 85.5 Å². The minimum atomic E-state index is -0.553. The summed E-state index contributed by atoms with van der Waals surface area (Å²) in [7, 11) is 0. The predicted octanol–water partition coefficient (Wildman–Crippen LogP) is 21.8. The number of carbonyl (C=O) groups excluding carboxylic acids is 4. The maximum atomic E-state index is 14.2. The number of carbonyl (C=O) groups is 4. The monoisotopic (exact) mass is 1480 g/mol. The lowest BCUT2D eigenvalue weighted by Gasteiger charge is -2.18. The Morgan fingerprint density at radius 3 is 0.991 bits per heavy atom. The molecule has 0 aliphatic heterocycles. The molecule has 0 radical (unpaired) electrons. The number of hydrogen-bond acceptors (Lipinski definition) is 13. The number of hydrogen-bond donors (Lipinski definition) is 0. The summed E-state index contributed by atoms with van der Waals surface area (Å²) in [6.45, 7) is 8.33. The molecule has 17 rings (SSSR count). The molecule has 0 atom stereocenters. The Balaban J connectivity index is 0.878. The summed E-state index contributed by atoms with van der Waals surface area (Å²) in [6, 6.07) is 105. The highest BCUT2D eigenvalue weighted by Gasteiger charge is 2.26. The molecule has 0 saturated carbocycles. The molecule has 114 heavy (non-hydrogen) atoms. The Morgan fingerprint density at radius 2 is 0.632 bits per heavy atom. The fourth-order valence-corrected chi connectivity index (χ4v) is 14.4. The largest absolute Gasteiger partial charge is 0.457 e. The molecule has 16 heteroatoms. The first-order valence-electron chi connectivity index (χ1n) is 36.6. The lowest BCUT2D eigenvalue weighted by molar-refractivity contribution is 0.0464. The van der Waals surface area contributed by atoms with Gasteiger partial charge in [0, 0.05) is 49.4 Å². The zero-order valence-corrected chi connectivity index (χ0v) is 60.8. The summed E-state index contributed by atoms with van der Waals surface area (Å²) in [6.07, 6.45) is 0. The normalized spacial score (nSPS) is 11.1. The summed E-state index contributed by atoms with van der Waals surface area (Å²) in [5, 5.41) is 23.2. The summed E-state index contributed by atoms with van der Waals surface area (Å²) >= 11 is 0. The minimum Gasteiger partial charge on any atom is -0.457 e. The number of nitrogens with zero attached hydrogens (tertiary/aromatic N) is 8. The topological polar surface area (TPSA) is 206 Å². The van der Waals surface area contributed by atoms with Gasteiger partial charge in [-0.05, 0) is 160 Å². The molecule has 0 bridgehead atoms. The van der Waals surface area contributed by atoms with Gasteiger partial charge in [-0.3, -0.25) is 0 Å². The van der Waals surface area contributed by atoms with E-state index in [1.165, 1.54) is 0 Å². The van der Waals surface area contributed by atoms with Crippen LogP contribution in [0.4, 0.5) is 5.69 Å². The molecule has 0 N–H and O–H groups in total. The number of aromatic nitrogens is 5. The second-order valence-corrected chi connectivity index (χ2v) is 27.2. The van der Waals surface area contributed by atoms with Gasteiger partial charge in [0.1, 0.15) is 26.4 Å². The maximum Gasteiger partial charge on any atom is 0.338 e. The molecular weight excluding hydrogens is 1420 g/mol. The molecule has 17 aromatic rings. The van der Waals surface area contributed by atoms with E-state index in [0.29, 0.717) is 111 Å². The van der Waals surface area contributed by atoms with Crippen LogP contribution in [0.25, 0.3) is 127 Å². The fourth-order valence-electron chi connectivity index (χ4n) is 14.4. The van der Waals surface area contributed by atoms with Gasteiger partial charge in [-0.15, -0.1) is 0 Å². The Hall–Kier alpha value is -16.0. The summed E-state index contributed by atoms with van der Waals surface area (Å²) < 4.78 is 27.8. The van der Waals surface area contributed by atoms with Crippen molar-refractivity contribution in [2.75, 3.05) is 0 Å². The van der Waals surface area contributed by atoms with E-state index in [9.17, 15) is 29.7 Å². The van der Waals surface area contributed by atoms with Crippen LogP contribution in [-0.4, -0.2) is 48.0 Å². The van der Waals surface area contributed by atoms with Crippen molar-refractivity contribution in [2.45, 2.75) is 26.4 Å². The SMILES string of the molecule is [C-]#[N+]c1cccc(-c2ccc(-c3nc(-c4ccc(-c5cccc(C#N)c5)c(-n5c6ccc(C(=O)OCc7ccccc7)cc6c6cc(C(=O)OCc7ccccc7)ccc65)c4)nc(-c4ccccc4-c4cccc(C#N)c4)n3)cc2-n2c3ccc(C(=O)OCc4ccccc4)cc3c3cc(C(=O)OCc4ccccc4)ccc32)c1. The van der Waals surface area contributed by atoms with Crippen LogP contribution in [0.15, 0.2) is 328 Å². The smallest absolute Gasteiger partial charge is 0.338 e. The number of nitriles is 2. The van der Waals surface area contributed by atoms with E-state index in [-0.39, 0.29) is 66.2 Å². The third-order valence-corrected chi connectivity index (χ3v) is 20.0. The van der Waals surface area contributed by atoms with Gasteiger partial charge in [-0.2, -0.15) is 10.5 Å². The van der Waals surface area contributed by atoms with Crippen LogP contribution in [0.5, 0.6) is 0 Å². The Morgan fingerprint density at radius 1 is 0.307 bits per heavy atom. The van der Waals surface area contributed by atoms with Crippen LogP contribution in [-0.2, 0) is 45.4 Å². The van der Waals surface area contributed by atoms with E-state index in [1.54, 1.807) is 66.7 Å². The van der Waals surface area contributed by atoms with Gasteiger partial charge in [-0.25, -0.2) is 39.0 Å². The van der Waals surface area contributed by atoms with Crippen LogP contribution in [0.2, 0.25) is 0 Å². The number of benzene rings is 14. The van der Waals surface area contributed by atoms with Gasteiger partial charge in [0.2, 0.25) is 0 Å². The standard InChI is InChI=1S/C98H62N8O8/c1-101-77-32-18-31-70(49-77)80-42-36-72(55-91(80)106-88-45-39-75(97(109)113-60-64-23-10-4-11-24-64)52-84(88)85-53-76(40-46-89(85)106)98(110)114-61-65-25-12-5-13-26-65)93-102-92(103-94(104-93)81-34-15-14-33-78(81)68-29-16-27-66(47-68)56-99)71-35-41-79(69-30-17-28-67(48-69)57-100)90(54-71)105-86-43-37-73(95(107)111-58-62-19-6-2-7-20-62)50-82(86)83-51-74(38-44-87(83)105)96(108)112-59-63-21-8-3-9-22-63/h2-55H,58-61H2. The van der Waals surface area contributed by atoms with E-state index in [0.717, 1.165) is 33.4 Å². The van der Waals surface area contributed by atoms with Gasteiger partial charge in [0.25, 0.3) is 0 Å². The first-order valence-corrected chi connectivity index (χ1v) is 36.6. The molecule has 0 aliphatic rings. The summed E-state index contributed by atoms with van der Waals surface area (Å²) in [5.41, 5.74) is 15.5. The van der Waals surface area contributed by atoms with Crippen LogP contribution in [0, 0.1) is 29.2 Å². The van der Waals surface area contributed by atoms with E-state index >= 15 is 0 Å². The highest BCUT2D eigenvalue weighted by Crippen LogP contribution is 2.44. The lowest BCUT2D eigenvalue weighted by Crippen LogP contribution is -2.06. The van der Waals surface area contributed by atoms with Crippen LogP contribution < -0.4 is 0 Å². The predicted molar refractivity (Wildman–Crippen MR) is 439 cm³/mol. The van der Waals surface area contributed by atoms with Crippen molar-refractivity contribution >= 4 is 73.2 Å². The number of rotatable bonds is 20. The minimum absolute atomic E-state index is 0.0390. The van der Waals surface area contributed by atoms with E-state index in [4.69, 9.17) is 40.5 Å². The van der Waals surface area contributed by atoms with E-state index in [2.05, 4.69) is 26.1 Å². The Labute approximate surface area is 654 Å². The van der Waals surface area contributed by atoms with Crippen molar-refractivity contribution in [1.82, 2.24) is 24.1 Å². The van der Waals surface area contributed by atoms with Crippen LogP contribution >= 0.6 is 0 Å². The molecule has 16 nitrogen and oxygen atoms in total. The first kappa shape index (κ1) is 71.0. The Kier molecular flexibility index (Phi) is 19.5. The molecule has 3 aromatic heterocycles. The molecular formula is C98H62N8O8. The zero-order chi connectivity index (χ0) is 77.6. The van der Waals surface area contributed by atoms with Crippen molar-refractivity contribution in [3.05, 3.63) is 395 Å². The highest BCUT2D eigenvalue weighted by atomic mass is 16.5. The van der Waals surface area contributed by atoms with Crippen LogP contribution in [0.3, 0.4) is 0 Å². The average Bonchev–Trinajstić information content (AvgIpc) is 1.57. The molecule has 14 aromatic carbocycles. The molecule has 0 amide bonds. The molecule has 3 heterocycles. The molecule has 0 aliphatic carbocycles. The van der Waals surface area contributed by atoms with Gasteiger partial charge >= 0.3 is 23.9 Å². The van der Waals surface area contributed by atoms with E-state index in [1.807, 2.05) is 261 Å². The highest BCUT2D eigenvalue weighted by molar-refractivity contribution is 6.15. The number of fused-ring (bicyclic) bond motifs is 6. The summed E-state index contributed by atoms with van der Waals surface area (Å²) in [5.74, 6) is -1.44. The van der Waals surface area contributed by atoms with Crippen molar-refractivity contribution < 1.29 is 38.1 Å². The second kappa shape index (κ2) is 31.3. The second-order valence-electron chi connectivity index (χ2n) is 27.2. The third kappa shape index (κ3) is 14.4. The third-order valence-electron chi connectivity index (χ3n) is 20.0. The zero-order valence-electron chi connectivity index (χ0n) is 60.8. The summed E-state index contributed by atoms with van der Waals surface area (Å²) in [4.78, 5) is 77.1. The maximum absolute atomic E-state index is 14.2. The quantitative estimate of drug-likeness (QED) is 0.0396. The lowest BCUT2D eigenvalue weighted by atomic mass is 9.97.